The highest BCUT2D eigenvalue weighted by atomic mass is 35.5. The molecule has 0 spiro atoms. The number of piperidine rings is 1. The van der Waals surface area contributed by atoms with E-state index in [1.165, 1.54) is 6.33 Å². The van der Waals surface area contributed by atoms with Crippen molar-refractivity contribution in [1.29, 1.82) is 0 Å². The Hall–Kier alpha value is -1.14. The van der Waals surface area contributed by atoms with E-state index in [1.807, 2.05) is 0 Å². The molecule has 1 fully saturated rings. The first-order valence-electron chi connectivity index (χ1n) is 6.48. The third-order valence-corrected chi connectivity index (χ3v) is 3.56. The van der Waals surface area contributed by atoms with Crippen LogP contribution in [0.1, 0.15) is 26.2 Å². The second kappa shape index (κ2) is 7.45. The predicted octanol–water partition coefficient (Wildman–Crippen LogP) is 0.596. The van der Waals surface area contributed by atoms with Crippen LogP contribution in [0.15, 0.2) is 12.7 Å². The SMILES string of the molecule is CC1(CNC(=O)CCn2cncn2)CCNCC1.Cl. The summed E-state index contributed by atoms with van der Waals surface area (Å²) in [5.41, 5.74) is 0.244. The van der Waals surface area contributed by atoms with Crippen molar-refractivity contribution in [2.75, 3.05) is 19.6 Å². The van der Waals surface area contributed by atoms with Gasteiger partial charge in [-0.15, -0.1) is 12.4 Å². The summed E-state index contributed by atoms with van der Waals surface area (Å²) in [6.07, 6.45) is 5.81. The van der Waals surface area contributed by atoms with E-state index < -0.39 is 0 Å². The third-order valence-electron chi connectivity index (χ3n) is 3.56. The number of nitrogens with zero attached hydrogens (tertiary/aromatic N) is 3. The fourth-order valence-corrected chi connectivity index (χ4v) is 2.17. The van der Waals surface area contributed by atoms with Gasteiger partial charge in [0.15, 0.2) is 0 Å². The molecular weight excluding hydrogens is 266 g/mol. The molecule has 0 radical (unpaired) electrons. The zero-order valence-electron chi connectivity index (χ0n) is 11.3. The molecule has 0 bridgehead atoms. The van der Waals surface area contributed by atoms with Crippen LogP contribution in [0.4, 0.5) is 0 Å². The first-order chi connectivity index (χ1) is 8.68. The van der Waals surface area contributed by atoms with Crippen LogP contribution < -0.4 is 10.6 Å². The van der Waals surface area contributed by atoms with E-state index in [9.17, 15) is 4.79 Å². The number of hydrogen-bond donors (Lipinski definition) is 2. The molecule has 1 aromatic rings. The summed E-state index contributed by atoms with van der Waals surface area (Å²) in [5.74, 6) is 0.0882. The number of carbonyl (C=O) groups excluding carboxylic acids is 1. The first kappa shape index (κ1) is 15.9. The van der Waals surface area contributed by atoms with Gasteiger partial charge in [0, 0.05) is 13.0 Å². The fourth-order valence-electron chi connectivity index (χ4n) is 2.17. The van der Waals surface area contributed by atoms with Crippen molar-refractivity contribution in [3.63, 3.8) is 0 Å². The highest BCUT2D eigenvalue weighted by molar-refractivity contribution is 5.85. The number of rotatable bonds is 5. The Morgan fingerprint density at radius 3 is 2.84 bits per heavy atom. The summed E-state index contributed by atoms with van der Waals surface area (Å²) in [5, 5.41) is 10.3. The van der Waals surface area contributed by atoms with E-state index in [0.29, 0.717) is 13.0 Å². The molecule has 0 aromatic carbocycles. The normalized spacial score (nSPS) is 17.5. The molecule has 1 amide bonds. The molecule has 2 rings (SSSR count). The molecule has 0 saturated carbocycles. The maximum absolute atomic E-state index is 11.7. The number of aryl methyl sites for hydroxylation is 1. The number of carbonyl (C=O) groups is 1. The quantitative estimate of drug-likeness (QED) is 0.832. The van der Waals surface area contributed by atoms with Gasteiger partial charge in [-0.3, -0.25) is 9.48 Å². The van der Waals surface area contributed by atoms with Gasteiger partial charge in [-0.2, -0.15) is 5.10 Å². The van der Waals surface area contributed by atoms with Crippen LogP contribution in [0, 0.1) is 5.41 Å². The second-order valence-corrected chi connectivity index (χ2v) is 5.25. The van der Waals surface area contributed by atoms with Crippen molar-refractivity contribution in [2.24, 2.45) is 5.41 Å². The minimum absolute atomic E-state index is 0. The first-order valence-corrected chi connectivity index (χ1v) is 6.48. The Kier molecular flexibility index (Phi) is 6.24. The van der Waals surface area contributed by atoms with E-state index in [1.54, 1.807) is 11.0 Å². The van der Waals surface area contributed by atoms with Crippen molar-refractivity contribution < 1.29 is 4.79 Å². The van der Waals surface area contributed by atoms with Gasteiger partial charge in [-0.1, -0.05) is 6.92 Å². The number of hydrogen-bond acceptors (Lipinski definition) is 4. The van der Waals surface area contributed by atoms with Gasteiger partial charge in [-0.05, 0) is 31.3 Å². The smallest absolute Gasteiger partial charge is 0.221 e. The largest absolute Gasteiger partial charge is 0.355 e. The molecule has 2 N–H and O–H groups in total. The predicted molar refractivity (Wildman–Crippen MR) is 75.1 cm³/mol. The maximum atomic E-state index is 11.7. The van der Waals surface area contributed by atoms with Crippen molar-refractivity contribution in [3.8, 4) is 0 Å². The topological polar surface area (TPSA) is 71.8 Å². The van der Waals surface area contributed by atoms with Crippen molar-refractivity contribution in [3.05, 3.63) is 12.7 Å². The van der Waals surface area contributed by atoms with Crippen LogP contribution in [-0.2, 0) is 11.3 Å². The Morgan fingerprint density at radius 1 is 1.47 bits per heavy atom. The molecule has 1 saturated heterocycles. The molecule has 7 heteroatoms. The molecule has 6 nitrogen and oxygen atoms in total. The lowest BCUT2D eigenvalue weighted by Crippen LogP contribution is -2.43. The van der Waals surface area contributed by atoms with Gasteiger partial charge < -0.3 is 10.6 Å². The summed E-state index contributed by atoms with van der Waals surface area (Å²) in [4.78, 5) is 15.6. The van der Waals surface area contributed by atoms with E-state index in [0.717, 1.165) is 32.5 Å². The van der Waals surface area contributed by atoms with Crippen LogP contribution in [0.25, 0.3) is 0 Å². The Labute approximate surface area is 119 Å². The number of aromatic nitrogens is 3. The van der Waals surface area contributed by atoms with Gasteiger partial charge in [0.25, 0.3) is 0 Å². The van der Waals surface area contributed by atoms with Gasteiger partial charge in [-0.25, -0.2) is 4.98 Å². The minimum atomic E-state index is 0. The standard InChI is InChI=1S/C12H21N5O.ClH/c1-12(3-5-13-6-4-12)8-15-11(18)2-7-17-10-14-9-16-17;/h9-10,13H,2-8H2,1H3,(H,15,18);1H. The molecule has 0 atom stereocenters. The number of nitrogens with one attached hydrogen (secondary N) is 2. The summed E-state index contributed by atoms with van der Waals surface area (Å²) < 4.78 is 1.67. The highest BCUT2D eigenvalue weighted by Gasteiger charge is 2.26. The average Bonchev–Trinajstić information content (AvgIpc) is 2.88. The third kappa shape index (κ3) is 5.16. The highest BCUT2D eigenvalue weighted by Crippen LogP contribution is 2.26. The minimum Gasteiger partial charge on any atom is -0.355 e. The van der Waals surface area contributed by atoms with E-state index in [2.05, 4.69) is 27.6 Å². The van der Waals surface area contributed by atoms with Crippen LogP contribution in [0.5, 0.6) is 0 Å². The fraction of sp³-hybridized carbons (Fsp3) is 0.750. The van der Waals surface area contributed by atoms with Gasteiger partial charge >= 0.3 is 0 Å². The monoisotopic (exact) mass is 287 g/mol. The van der Waals surface area contributed by atoms with Crippen LogP contribution in [0.3, 0.4) is 0 Å². The van der Waals surface area contributed by atoms with Crippen LogP contribution >= 0.6 is 12.4 Å². The molecule has 19 heavy (non-hydrogen) atoms. The Morgan fingerprint density at radius 2 is 2.21 bits per heavy atom. The molecule has 1 aliphatic heterocycles. The lowest BCUT2D eigenvalue weighted by atomic mass is 9.81. The van der Waals surface area contributed by atoms with E-state index in [-0.39, 0.29) is 23.7 Å². The van der Waals surface area contributed by atoms with Crippen molar-refractivity contribution >= 4 is 18.3 Å². The number of halogens is 1. The van der Waals surface area contributed by atoms with Gasteiger partial charge in [0.2, 0.25) is 5.91 Å². The maximum Gasteiger partial charge on any atom is 0.221 e. The zero-order valence-corrected chi connectivity index (χ0v) is 12.1. The molecule has 1 aromatic heterocycles. The van der Waals surface area contributed by atoms with Gasteiger partial charge in [0.05, 0.1) is 6.54 Å². The molecule has 2 heterocycles. The zero-order chi connectivity index (χ0) is 12.8. The second-order valence-electron chi connectivity index (χ2n) is 5.25. The van der Waals surface area contributed by atoms with Crippen molar-refractivity contribution in [1.82, 2.24) is 25.4 Å². The lowest BCUT2D eigenvalue weighted by molar-refractivity contribution is -0.121. The molecule has 0 unspecified atom stereocenters. The average molecular weight is 288 g/mol. The van der Waals surface area contributed by atoms with E-state index in [4.69, 9.17) is 0 Å². The molecule has 0 aliphatic carbocycles. The lowest BCUT2D eigenvalue weighted by Gasteiger charge is -2.34. The van der Waals surface area contributed by atoms with Gasteiger partial charge in [0.1, 0.15) is 12.7 Å². The molecule has 108 valence electrons. The Bertz CT molecular complexity index is 375. The number of amides is 1. The van der Waals surface area contributed by atoms with Crippen LogP contribution in [0.2, 0.25) is 0 Å². The molecular formula is C12H22ClN5O. The molecule has 1 aliphatic rings. The van der Waals surface area contributed by atoms with E-state index >= 15 is 0 Å². The summed E-state index contributed by atoms with van der Waals surface area (Å²) in [6, 6.07) is 0. The van der Waals surface area contributed by atoms with Crippen LogP contribution in [-0.4, -0.2) is 40.3 Å². The Balaban J connectivity index is 0.00000180. The summed E-state index contributed by atoms with van der Waals surface area (Å²) in [7, 11) is 0. The van der Waals surface area contributed by atoms with Crippen molar-refractivity contribution in [2.45, 2.75) is 32.7 Å². The summed E-state index contributed by atoms with van der Waals surface area (Å²) in [6.45, 7) is 5.69. The summed E-state index contributed by atoms with van der Waals surface area (Å²) >= 11 is 0.